The van der Waals surface area contributed by atoms with Gasteiger partial charge in [0, 0.05) is 0 Å². The summed E-state index contributed by atoms with van der Waals surface area (Å²) in [6.07, 6.45) is 0. The Morgan fingerprint density at radius 1 is 1.11 bits per heavy atom. The largest absolute Gasteiger partial charge is 1.00 e. The fourth-order valence-electron chi connectivity index (χ4n) is 0. The molecule has 0 amide bonds. The van der Waals surface area contributed by atoms with Crippen LogP contribution in [0.2, 0.25) is 0 Å². The molecule has 0 unspecified atom stereocenters. The maximum absolute atomic E-state index is 9.26. The molecule has 0 bridgehead atoms. The summed E-state index contributed by atoms with van der Waals surface area (Å²) in [5, 5.41) is 0. The van der Waals surface area contributed by atoms with E-state index in [2.05, 4.69) is 28.1 Å². The van der Waals surface area contributed by atoms with Crippen LogP contribution in [-0.4, -0.2) is 16.2 Å². The van der Waals surface area contributed by atoms with Crippen molar-refractivity contribution in [3.05, 3.63) is 0 Å². The zero-order chi connectivity index (χ0) is 6.50. The van der Waals surface area contributed by atoms with Crippen molar-refractivity contribution in [1.29, 1.82) is 0 Å². The van der Waals surface area contributed by atoms with Crippen LogP contribution < -0.4 is 64.8 Å². The molecule has 0 aliphatic heterocycles. The maximum atomic E-state index is 9.26. The second kappa shape index (κ2) is 13.3. The van der Waals surface area contributed by atoms with E-state index in [1.165, 1.54) is 7.05 Å². The topological polar surface area (TPSA) is 72.1 Å². The van der Waals surface area contributed by atoms with Gasteiger partial charge in [0.25, 0.3) is 0 Å². The van der Waals surface area contributed by atoms with Crippen LogP contribution in [0.5, 0.6) is 0 Å². The Morgan fingerprint density at radius 3 is 1.11 bits per heavy atom. The van der Waals surface area contributed by atoms with Gasteiger partial charge in [-0.25, -0.2) is 7.71 Å². The zero-order valence-corrected chi connectivity index (χ0v) is 12.1. The van der Waals surface area contributed by atoms with Gasteiger partial charge in [0.2, 0.25) is 0 Å². The van der Waals surface area contributed by atoms with Crippen molar-refractivity contribution < 1.29 is 68.2 Å². The first-order valence-electron chi connectivity index (χ1n) is 1.24. The van der Waals surface area contributed by atoms with E-state index in [1.54, 1.807) is 0 Å². The molecule has 3 nitrogen and oxygen atoms in total. The van der Waals surface area contributed by atoms with Crippen LogP contribution in [0.15, 0.2) is 0 Å². The minimum Gasteiger partial charge on any atom is -0.801 e. The molecular weight excluding hydrogens is 200 g/mol. The summed E-state index contributed by atoms with van der Waals surface area (Å²) in [6, 6.07) is 0. The first-order chi connectivity index (χ1) is 3.00. The summed E-state index contributed by atoms with van der Waals surface area (Å²) >= 11 is 7.23. The fourth-order valence-corrected chi connectivity index (χ4v) is 0. The van der Waals surface area contributed by atoms with E-state index < -0.39 is 7.71 Å². The summed E-state index contributed by atoms with van der Waals surface area (Å²) < 4.78 is 18.5. The van der Waals surface area contributed by atoms with E-state index in [-0.39, 0.29) is 59.1 Å². The Labute approximate surface area is 109 Å². The quantitative estimate of drug-likeness (QED) is 0.398. The molecule has 0 aromatic carbocycles. The molecule has 0 atom stereocenters. The van der Waals surface area contributed by atoms with Crippen LogP contribution in [0, 0.1) is 0 Å². The molecule has 0 rings (SSSR count). The van der Waals surface area contributed by atoms with Crippen LogP contribution in [0.4, 0.5) is 0 Å². The van der Waals surface area contributed by atoms with Crippen LogP contribution >= 0.6 is 0 Å². The smallest absolute Gasteiger partial charge is 0.801 e. The van der Waals surface area contributed by atoms with Crippen molar-refractivity contribution >= 4 is 30.1 Å². The minimum atomic E-state index is -3.50. The van der Waals surface area contributed by atoms with E-state index in [9.17, 15) is 9.11 Å². The molecule has 46 valence electrons. The molecule has 2 N–H and O–H groups in total. The summed E-state index contributed by atoms with van der Waals surface area (Å²) in [5.41, 5.74) is 4.50. The van der Waals surface area contributed by atoms with Gasteiger partial charge in [0.15, 0.2) is 0 Å². The molecule has 8 heteroatoms. The summed E-state index contributed by atoms with van der Waals surface area (Å²) in [5.74, 6) is 0. The van der Waals surface area contributed by atoms with E-state index in [0.29, 0.717) is 0 Å². The third kappa shape index (κ3) is 113. The Kier molecular flexibility index (Phi) is 33.3. The molecule has 0 aromatic rings. The van der Waals surface area contributed by atoms with E-state index in [0.717, 1.165) is 0 Å². The van der Waals surface area contributed by atoms with Crippen molar-refractivity contribution in [2.75, 3.05) is 7.05 Å². The van der Waals surface area contributed by atoms with Gasteiger partial charge in [0.05, 0.1) is 0 Å². The molecule has 0 saturated carbocycles. The first kappa shape index (κ1) is 22.6. The number of rotatable bonds is 0. The summed E-state index contributed by atoms with van der Waals surface area (Å²) in [7, 11) is -2.00. The predicted octanol–water partition coefficient (Wildman–Crippen LogP) is -7.09. The van der Waals surface area contributed by atoms with Gasteiger partial charge in [-0.15, -0.1) is 0 Å². The van der Waals surface area contributed by atoms with E-state index in [4.69, 9.17) is 0 Å². The Hall–Kier alpha value is 2.67. The van der Waals surface area contributed by atoms with Gasteiger partial charge in [0.1, 0.15) is 0 Å². The molecule has 0 fully saturated rings. The molecule has 0 aliphatic carbocycles. The van der Waals surface area contributed by atoms with Gasteiger partial charge in [-0.1, -0.05) is 22.4 Å². The van der Waals surface area contributed by atoms with Gasteiger partial charge in [-0.05, 0) is 7.05 Å². The van der Waals surface area contributed by atoms with Crippen LogP contribution in [-0.2, 0) is 30.1 Å². The maximum Gasteiger partial charge on any atom is 1.00 e. The van der Waals surface area contributed by atoms with Crippen molar-refractivity contribution in [3.63, 3.8) is 0 Å². The molecule has 0 radical (unpaired) electrons. The SMILES string of the molecule is CN.[Na+].[Na+].[O-]S([O-])(=S)=S. The van der Waals surface area contributed by atoms with Crippen molar-refractivity contribution in [3.8, 4) is 0 Å². The summed E-state index contributed by atoms with van der Waals surface area (Å²) in [6.45, 7) is 0. The van der Waals surface area contributed by atoms with Crippen LogP contribution in [0.1, 0.15) is 0 Å². The van der Waals surface area contributed by atoms with Gasteiger partial charge >= 0.3 is 59.1 Å². The molecule has 9 heavy (non-hydrogen) atoms. The van der Waals surface area contributed by atoms with Crippen molar-refractivity contribution in [2.24, 2.45) is 5.73 Å². The third-order valence-corrected chi connectivity index (χ3v) is 0. The molecule has 0 aliphatic rings. The Morgan fingerprint density at radius 2 is 1.11 bits per heavy atom. The van der Waals surface area contributed by atoms with Gasteiger partial charge in [-0.2, -0.15) is 0 Å². The number of hydrogen-bond donors (Lipinski definition) is 1. The number of hydrogen-bond acceptors (Lipinski definition) is 5. The molecule has 0 heterocycles. The van der Waals surface area contributed by atoms with Gasteiger partial charge < -0.3 is 14.8 Å². The van der Waals surface area contributed by atoms with Crippen molar-refractivity contribution in [2.45, 2.75) is 0 Å². The molecule has 0 saturated heterocycles. The van der Waals surface area contributed by atoms with E-state index in [1.807, 2.05) is 0 Å². The second-order valence-corrected chi connectivity index (χ2v) is 4.49. The van der Waals surface area contributed by atoms with Crippen LogP contribution in [0.25, 0.3) is 0 Å². The molecule has 0 aromatic heterocycles. The average Bonchev–Trinajstić information content (AvgIpc) is 1.36. The molecule has 0 spiro atoms. The van der Waals surface area contributed by atoms with Crippen LogP contribution in [0.3, 0.4) is 0 Å². The van der Waals surface area contributed by atoms with Gasteiger partial charge in [-0.3, -0.25) is 0 Å². The zero-order valence-electron chi connectivity index (χ0n) is 5.62. The molecular formula is CH5NNa2O2S3. The summed E-state index contributed by atoms with van der Waals surface area (Å²) in [4.78, 5) is 0. The normalized spacial score (nSPS) is 7.11. The Balaban J connectivity index is -0.0000000286. The van der Waals surface area contributed by atoms with E-state index >= 15 is 0 Å². The standard InChI is InChI=1S/CH5N.2Na.H2O2S3/c1-2;;;1-5(2,3)4/h2H2,1H3;;;(H2,1,2,3,4)/q;2*+1;/p-2. The predicted molar refractivity (Wildman–Crippen MR) is 33.8 cm³/mol. The fraction of sp³-hybridized carbons (Fsp3) is 1.00. The third-order valence-electron chi connectivity index (χ3n) is 0. The first-order valence-corrected chi connectivity index (χ1v) is 4.58. The minimum absolute atomic E-state index is 0. The van der Waals surface area contributed by atoms with Crippen molar-refractivity contribution in [1.82, 2.24) is 0 Å². The average molecular weight is 205 g/mol. The Bertz CT molecular complexity index is 103. The second-order valence-electron chi connectivity index (χ2n) is 0.408. The number of nitrogens with two attached hydrogens (primary N) is 1. The monoisotopic (exact) mass is 205 g/mol.